The Balaban J connectivity index is 2.15. The monoisotopic (exact) mass is 142 g/mol. The van der Waals surface area contributed by atoms with Crippen LogP contribution in [-0.2, 0) is 9.47 Å². The Hall–Kier alpha value is -0.0800. The van der Waals surface area contributed by atoms with E-state index in [1.54, 1.807) is 0 Å². The van der Waals surface area contributed by atoms with Gasteiger partial charge in [-0.2, -0.15) is 0 Å². The molecule has 2 fully saturated rings. The first-order chi connectivity index (χ1) is 4.68. The van der Waals surface area contributed by atoms with Gasteiger partial charge in [-0.1, -0.05) is 0 Å². The molecule has 2 saturated heterocycles. The van der Waals surface area contributed by atoms with Crippen molar-refractivity contribution in [2.45, 2.75) is 51.1 Å². The minimum atomic E-state index is -0.0266. The maximum atomic E-state index is 5.65. The first-order valence-corrected chi connectivity index (χ1v) is 4.02. The molecule has 0 spiro atoms. The summed E-state index contributed by atoms with van der Waals surface area (Å²) < 4.78 is 11.2. The molecule has 0 aliphatic carbocycles. The van der Waals surface area contributed by atoms with Gasteiger partial charge in [0.2, 0.25) is 0 Å². The molecule has 10 heavy (non-hydrogen) atoms. The average Bonchev–Trinajstić information content (AvgIpc) is 2.04. The Labute approximate surface area is 61.5 Å². The summed E-state index contributed by atoms with van der Waals surface area (Å²) in [6, 6.07) is 0. The van der Waals surface area contributed by atoms with Crippen LogP contribution in [0.5, 0.6) is 0 Å². The lowest BCUT2D eigenvalue weighted by molar-refractivity contribution is -0.0948. The fourth-order valence-corrected chi connectivity index (χ4v) is 1.80. The minimum absolute atomic E-state index is 0.0266. The number of fused-ring (bicyclic) bond motifs is 2. The predicted octanol–water partition coefficient (Wildman–Crippen LogP) is 1.69. The molecule has 2 heterocycles. The first-order valence-electron chi connectivity index (χ1n) is 4.02. The number of hydrogen-bond acceptors (Lipinski definition) is 2. The molecule has 2 rings (SSSR count). The standard InChI is InChI=1S/C8H14O2/c1-8(2)6-4-3-5-7(9-6)10-8/h6-7H,3-5H2,1-2H3/t6-,7-/m1/s1. The van der Waals surface area contributed by atoms with Crippen LogP contribution in [0.25, 0.3) is 0 Å². The van der Waals surface area contributed by atoms with E-state index in [1.807, 2.05) is 0 Å². The lowest BCUT2D eigenvalue weighted by Gasteiger charge is -2.22. The molecule has 0 aromatic heterocycles. The third-order valence-corrected chi connectivity index (χ3v) is 2.43. The van der Waals surface area contributed by atoms with Gasteiger partial charge in [-0.05, 0) is 33.1 Å². The summed E-state index contributed by atoms with van der Waals surface area (Å²) in [6.07, 6.45) is 3.97. The topological polar surface area (TPSA) is 18.5 Å². The van der Waals surface area contributed by atoms with Crippen molar-refractivity contribution < 1.29 is 9.47 Å². The van der Waals surface area contributed by atoms with Crippen molar-refractivity contribution in [3.05, 3.63) is 0 Å². The second kappa shape index (κ2) is 1.95. The summed E-state index contributed by atoms with van der Waals surface area (Å²) in [5.41, 5.74) is -0.0266. The van der Waals surface area contributed by atoms with E-state index in [0.717, 1.165) is 6.42 Å². The van der Waals surface area contributed by atoms with Crippen molar-refractivity contribution >= 4 is 0 Å². The lowest BCUT2D eigenvalue weighted by Crippen LogP contribution is -2.32. The van der Waals surface area contributed by atoms with Crippen LogP contribution in [0.4, 0.5) is 0 Å². The van der Waals surface area contributed by atoms with Crippen LogP contribution < -0.4 is 0 Å². The van der Waals surface area contributed by atoms with E-state index in [9.17, 15) is 0 Å². The molecule has 0 radical (unpaired) electrons. The Morgan fingerprint density at radius 1 is 1.30 bits per heavy atom. The summed E-state index contributed by atoms with van der Waals surface area (Å²) in [6.45, 7) is 4.23. The van der Waals surface area contributed by atoms with Crippen LogP contribution >= 0.6 is 0 Å². The van der Waals surface area contributed by atoms with Crippen LogP contribution in [0.2, 0.25) is 0 Å². The van der Waals surface area contributed by atoms with E-state index in [4.69, 9.17) is 9.47 Å². The largest absolute Gasteiger partial charge is 0.346 e. The van der Waals surface area contributed by atoms with Crippen molar-refractivity contribution in [3.8, 4) is 0 Å². The van der Waals surface area contributed by atoms with E-state index in [1.165, 1.54) is 12.8 Å². The van der Waals surface area contributed by atoms with E-state index >= 15 is 0 Å². The Kier molecular flexibility index (Phi) is 1.29. The molecular weight excluding hydrogens is 128 g/mol. The van der Waals surface area contributed by atoms with Crippen molar-refractivity contribution in [2.75, 3.05) is 0 Å². The zero-order valence-electron chi connectivity index (χ0n) is 6.59. The molecule has 2 bridgehead atoms. The molecule has 2 nitrogen and oxygen atoms in total. The maximum Gasteiger partial charge on any atom is 0.158 e. The highest BCUT2D eigenvalue weighted by Gasteiger charge is 2.44. The number of rotatable bonds is 0. The van der Waals surface area contributed by atoms with Gasteiger partial charge in [0, 0.05) is 0 Å². The zero-order valence-corrected chi connectivity index (χ0v) is 6.59. The van der Waals surface area contributed by atoms with E-state index in [0.29, 0.717) is 6.10 Å². The second-order valence-corrected chi connectivity index (χ2v) is 3.71. The van der Waals surface area contributed by atoms with Gasteiger partial charge in [0.15, 0.2) is 6.29 Å². The summed E-state index contributed by atoms with van der Waals surface area (Å²) in [5.74, 6) is 0. The highest BCUT2D eigenvalue weighted by atomic mass is 16.7. The molecule has 2 heteroatoms. The van der Waals surface area contributed by atoms with Crippen molar-refractivity contribution in [1.29, 1.82) is 0 Å². The van der Waals surface area contributed by atoms with Gasteiger partial charge in [-0.25, -0.2) is 0 Å². The summed E-state index contributed by atoms with van der Waals surface area (Å²) in [7, 11) is 0. The normalized spacial score (nSPS) is 43.8. The molecule has 2 aliphatic heterocycles. The smallest absolute Gasteiger partial charge is 0.158 e. The molecule has 0 saturated carbocycles. The molecular formula is C8H14O2. The van der Waals surface area contributed by atoms with Gasteiger partial charge in [-0.15, -0.1) is 0 Å². The Morgan fingerprint density at radius 3 is 2.70 bits per heavy atom. The Morgan fingerprint density at radius 2 is 2.10 bits per heavy atom. The van der Waals surface area contributed by atoms with Gasteiger partial charge < -0.3 is 9.47 Å². The summed E-state index contributed by atoms with van der Waals surface area (Å²) in [5, 5.41) is 0. The van der Waals surface area contributed by atoms with E-state index in [-0.39, 0.29) is 11.9 Å². The minimum Gasteiger partial charge on any atom is -0.346 e. The molecule has 0 amide bonds. The van der Waals surface area contributed by atoms with Gasteiger partial charge >= 0.3 is 0 Å². The number of hydrogen-bond donors (Lipinski definition) is 0. The van der Waals surface area contributed by atoms with Crippen LogP contribution in [0, 0.1) is 0 Å². The summed E-state index contributed by atoms with van der Waals surface area (Å²) >= 11 is 0. The first kappa shape index (κ1) is 6.62. The molecule has 2 atom stereocenters. The highest BCUT2D eigenvalue weighted by molar-refractivity contribution is 4.89. The van der Waals surface area contributed by atoms with Crippen LogP contribution in [0.3, 0.4) is 0 Å². The lowest BCUT2D eigenvalue weighted by atomic mass is 9.97. The third kappa shape index (κ3) is 0.867. The van der Waals surface area contributed by atoms with Gasteiger partial charge in [0.05, 0.1) is 11.7 Å². The predicted molar refractivity (Wildman–Crippen MR) is 37.7 cm³/mol. The van der Waals surface area contributed by atoms with Crippen LogP contribution in [0.1, 0.15) is 33.1 Å². The second-order valence-electron chi connectivity index (χ2n) is 3.71. The molecule has 0 aromatic carbocycles. The average molecular weight is 142 g/mol. The van der Waals surface area contributed by atoms with E-state index in [2.05, 4.69) is 13.8 Å². The number of ether oxygens (including phenoxy) is 2. The van der Waals surface area contributed by atoms with Gasteiger partial charge in [0.1, 0.15) is 0 Å². The van der Waals surface area contributed by atoms with E-state index < -0.39 is 0 Å². The Bertz CT molecular complexity index is 142. The van der Waals surface area contributed by atoms with Crippen LogP contribution in [0.15, 0.2) is 0 Å². The summed E-state index contributed by atoms with van der Waals surface area (Å²) in [4.78, 5) is 0. The van der Waals surface area contributed by atoms with Crippen LogP contribution in [-0.4, -0.2) is 18.0 Å². The molecule has 2 aliphatic rings. The quantitative estimate of drug-likeness (QED) is 0.512. The highest BCUT2D eigenvalue weighted by Crippen LogP contribution is 2.38. The van der Waals surface area contributed by atoms with Crippen molar-refractivity contribution in [1.82, 2.24) is 0 Å². The third-order valence-electron chi connectivity index (χ3n) is 2.43. The fraction of sp³-hybridized carbons (Fsp3) is 1.00. The zero-order chi connectivity index (χ0) is 7.19. The molecule has 0 aromatic rings. The maximum absolute atomic E-state index is 5.65. The molecule has 58 valence electrons. The van der Waals surface area contributed by atoms with Gasteiger partial charge in [0.25, 0.3) is 0 Å². The fourth-order valence-electron chi connectivity index (χ4n) is 1.80. The van der Waals surface area contributed by atoms with Crippen molar-refractivity contribution in [3.63, 3.8) is 0 Å². The van der Waals surface area contributed by atoms with Gasteiger partial charge in [-0.3, -0.25) is 0 Å². The van der Waals surface area contributed by atoms with Crippen molar-refractivity contribution in [2.24, 2.45) is 0 Å². The molecule has 0 unspecified atom stereocenters. The SMILES string of the molecule is CC1(C)O[C@@H]2CCC[C@H]1O2. The molecule has 0 N–H and O–H groups in total.